The fraction of sp³-hybridized carbons (Fsp3) is 0.500. The molecule has 2 bridgehead atoms. The number of ether oxygens (including phenoxy) is 1. The summed E-state index contributed by atoms with van der Waals surface area (Å²) in [7, 11) is 0. The number of aromatic nitrogens is 2. The third-order valence-corrected chi connectivity index (χ3v) is 6.29. The zero-order valence-electron chi connectivity index (χ0n) is 15.1. The van der Waals surface area contributed by atoms with E-state index < -0.39 is 11.2 Å². The molecule has 2 aromatic rings. The van der Waals surface area contributed by atoms with Crippen molar-refractivity contribution in [2.45, 2.75) is 38.0 Å². The van der Waals surface area contributed by atoms with Gasteiger partial charge >= 0.3 is 6.18 Å². The molecule has 4 heterocycles. The van der Waals surface area contributed by atoms with E-state index in [0.717, 1.165) is 25.9 Å². The van der Waals surface area contributed by atoms with E-state index in [1.54, 1.807) is 12.1 Å². The number of nitrogens with zero attached hydrogens (tertiary/aromatic N) is 3. The summed E-state index contributed by atoms with van der Waals surface area (Å²) < 4.78 is 43.0. The predicted octanol–water partition coefficient (Wildman–Crippen LogP) is 3.56. The van der Waals surface area contributed by atoms with Gasteiger partial charge in [-0.3, -0.25) is 9.69 Å². The molecule has 3 aliphatic rings. The first-order valence-electron chi connectivity index (χ1n) is 9.05. The van der Waals surface area contributed by atoms with Crippen LogP contribution in [-0.4, -0.2) is 46.2 Å². The molecule has 3 aliphatic heterocycles. The number of hydrogen-bond donors (Lipinski definition) is 1. The number of benzene rings is 1. The Morgan fingerprint density at radius 3 is 2.46 bits per heavy atom. The molecule has 2 atom stereocenters. The summed E-state index contributed by atoms with van der Waals surface area (Å²) in [5.41, 5.74) is 0.476. The lowest BCUT2D eigenvalue weighted by Gasteiger charge is -2.49. The second kappa shape index (κ2) is 7.32. The highest BCUT2D eigenvalue weighted by Crippen LogP contribution is 2.35. The minimum atomic E-state index is -4.55. The fourth-order valence-electron chi connectivity index (χ4n) is 3.92. The number of piperidine rings is 3. The molecule has 0 saturated carbocycles. The van der Waals surface area contributed by atoms with Crippen molar-refractivity contribution in [3.63, 3.8) is 0 Å². The van der Waals surface area contributed by atoms with Crippen LogP contribution in [0.2, 0.25) is 0 Å². The van der Waals surface area contributed by atoms with Crippen LogP contribution in [0.4, 0.5) is 13.2 Å². The van der Waals surface area contributed by atoms with Gasteiger partial charge < -0.3 is 10.1 Å². The van der Waals surface area contributed by atoms with Crippen molar-refractivity contribution in [2.24, 2.45) is 5.92 Å². The van der Waals surface area contributed by atoms with Gasteiger partial charge in [0.25, 0.3) is 11.1 Å². The molecule has 1 amide bonds. The molecule has 3 saturated heterocycles. The van der Waals surface area contributed by atoms with Gasteiger partial charge in [-0.2, -0.15) is 13.2 Å². The van der Waals surface area contributed by atoms with Crippen LogP contribution in [0.3, 0.4) is 0 Å². The number of carbonyl (C=O) groups is 1. The molecule has 10 heteroatoms. The van der Waals surface area contributed by atoms with Crippen molar-refractivity contribution in [3.8, 4) is 10.9 Å². The minimum absolute atomic E-state index is 0.133. The quantitative estimate of drug-likeness (QED) is 0.832. The molecule has 0 radical (unpaired) electrons. The number of amides is 1. The summed E-state index contributed by atoms with van der Waals surface area (Å²) in [6.45, 7) is 4.32. The molecule has 0 spiro atoms. The monoisotopic (exact) mass is 412 g/mol. The second-order valence-corrected chi connectivity index (χ2v) is 8.05. The second-order valence-electron chi connectivity index (χ2n) is 7.11. The number of carbonyl (C=O) groups excluding carboxylic acids is 1. The molecular weight excluding hydrogens is 393 g/mol. The molecule has 28 heavy (non-hydrogen) atoms. The Morgan fingerprint density at radius 2 is 1.89 bits per heavy atom. The lowest BCUT2D eigenvalue weighted by atomic mass is 9.79. The van der Waals surface area contributed by atoms with Crippen LogP contribution in [0.1, 0.15) is 35.1 Å². The number of hydrogen-bond acceptors (Lipinski definition) is 6. The highest BCUT2D eigenvalue weighted by atomic mass is 32.1. The first kappa shape index (κ1) is 19.1. The van der Waals surface area contributed by atoms with Gasteiger partial charge in [-0.15, -0.1) is 5.10 Å². The molecule has 0 aliphatic carbocycles. The smallest absolute Gasteiger partial charge is 0.430 e. The Kier molecular flexibility index (Phi) is 5.00. The van der Waals surface area contributed by atoms with Gasteiger partial charge in [0.05, 0.1) is 0 Å². The normalized spacial score (nSPS) is 26.9. The number of rotatable bonds is 4. The van der Waals surface area contributed by atoms with Crippen LogP contribution in [0.5, 0.6) is 10.9 Å². The maximum atomic E-state index is 12.6. The highest BCUT2D eigenvalue weighted by Gasteiger charge is 2.40. The van der Waals surface area contributed by atoms with E-state index in [1.165, 1.54) is 12.1 Å². The zero-order valence-corrected chi connectivity index (χ0v) is 15.9. The average Bonchev–Trinajstić information content (AvgIpc) is 3.14. The largest absolute Gasteiger partial charge is 0.445 e. The molecule has 2 unspecified atom stereocenters. The van der Waals surface area contributed by atoms with Crippen molar-refractivity contribution in [2.75, 3.05) is 13.1 Å². The third kappa shape index (κ3) is 3.83. The standard InChI is InChI=1S/C18H19F3N4O2S/c1-10-14(11-6-8-25(10)9-7-11)22-15(26)12-2-4-13(5-3-12)27-17-24-23-16(28-17)18(19,20)21/h2-5,10-11,14H,6-9H2,1H3,(H,22,26). The van der Waals surface area contributed by atoms with E-state index in [0.29, 0.717) is 28.9 Å². The lowest BCUT2D eigenvalue weighted by molar-refractivity contribution is -0.138. The molecule has 1 aromatic carbocycles. The van der Waals surface area contributed by atoms with E-state index >= 15 is 0 Å². The summed E-state index contributed by atoms with van der Waals surface area (Å²) >= 11 is 0.322. The van der Waals surface area contributed by atoms with Crippen molar-refractivity contribution >= 4 is 17.2 Å². The van der Waals surface area contributed by atoms with Crippen LogP contribution in [-0.2, 0) is 6.18 Å². The van der Waals surface area contributed by atoms with Gasteiger partial charge in [0, 0.05) is 17.6 Å². The lowest BCUT2D eigenvalue weighted by Crippen LogP contribution is -2.62. The fourth-order valence-corrected chi connectivity index (χ4v) is 4.50. The first-order valence-corrected chi connectivity index (χ1v) is 9.86. The Bertz CT molecular complexity index is 845. The first-order chi connectivity index (χ1) is 13.3. The van der Waals surface area contributed by atoms with Crippen LogP contribution in [0.25, 0.3) is 0 Å². The van der Waals surface area contributed by atoms with Crippen LogP contribution in [0, 0.1) is 5.92 Å². The highest BCUT2D eigenvalue weighted by molar-refractivity contribution is 7.13. The van der Waals surface area contributed by atoms with E-state index in [4.69, 9.17) is 4.74 Å². The molecule has 6 nitrogen and oxygen atoms in total. The Labute approximate surface area is 163 Å². The van der Waals surface area contributed by atoms with Gasteiger partial charge in [0.2, 0.25) is 5.01 Å². The van der Waals surface area contributed by atoms with E-state index in [1.807, 2.05) is 0 Å². The van der Waals surface area contributed by atoms with Gasteiger partial charge in [0.15, 0.2) is 0 Å². The maximum Gasteiger partial charge on any atom is 0.445 e. The van der Waals surface area contributed by atoms with Gasteiger partial charge in [-0.05, 0) is 63.0 Å². The van der Waals surface area contributed by atoms with E-state index in [-0.39, 0.29) is 22.9 Å². The molecule has 150 valence electrons. The van der Waals surface area contributed by atoms with Crippen LogP contribution < -0.4 is 10.1 Å². The average molecular weight is 412 g/mol. The maximum absolute atomic E-state index is 12.6. The van der Waals surface area contributed by atoms with Gasteiger partial charge in [0.1, 0.15) is 5.75 Å². The van der Waals surface area contributed by atoms with Gasteiger partial charge in [-0.1, -0.05) is 16.4 Å². The Hall–Kier alpha value is -2.20. The van der Waals surface area contributed by atoms with Crippen molar-refractivity contribution < 1.29 is 22.7 Å². The summed E-state index contributed by atoms with van der Waals surface area (Å²) in [4.78, 5) is 15.0. The SMILES string of the molecule is CC1C(NC(=O)c2ccc(Oc3nnc(C(F)(F)F)s3)cc2)C2CCN1CC2. The van der Waals surface area contributed by atoms with Crippen molar-refractivity contribution in [1.29, 1.82) is 0 Å². The van der Waals surface area contributed by atoms with Crippen LogP contribution in [0.15, 0.2) is 24.3 Å². The predicted molar refractivity (Wildman–Crippen MR) is 96.4 cm³/mol. The molecule has 1 N–H and O–H groups in total. The summed E-state index contributed by atoms with van der Waals surface area (Å²) in [6.07, 6.45) is -2.35. The van der Waals surface area contributed by atoms with Crippen molar-refractivity contribution in [3.05, 3.63) is 34.8 Å². The van der Waals surface area contributed by atoms with E-state index in [9.17, 15) is 18.0 Å². The molecule has 3 fully saturated rings. The third-order valence-electron chi connectivity index (χ3n) is 5.45. The number of nitrogens with one attached hydrogen (secondary N) is 1. The summed E-state index contributed by atoms with van der Waals surface area (Å²) in [5, 5.41) is 8.33. The number of fused-ring (bicyclic) bond motifs is 3. The summed E-state index contributed by atoms with van der Waals surface area (Å²) in [5.74, 6) is 0.636. The van der Waals surface area contributed by atoms with Gasteiger partial charge in [-0.25, -0.2) is 0 Å². The number of alkyl halides is 3. The van der Waals surface area contributed by atoms with Crippen LogP contribution >= 0.6 is 11.3 Å². The number of halogens is 3. The summed E-state index contributed by atoms with van der Waals surface area (Å²) in [6, 6.07) is 6.69. The molecule has 5 rings (SSSR count). The Balaban J connectivity index is 1.39. The minimum Gasteiger partial charge on any atom is -0.430 e. The topological polar surface area (TPSA) is 67.3 Å². The zero-order chi connectivity index (χ0) is 19.9. The Morgan fingerprint density at radius 1 is 1.21 bits per heavy atom. The van der Waals surface area contributed by atoms with Crippen molar-refractivity contribution in [1.82, 2.24) is 20.4 Å². The molecular formula is C18H19F3N4O2S. The van der Waals surface area contributed by atoms with E-state index in [2.05, 4.69) is 27.3 Å². The molecule has 1 aromatic heterocycles.